The van der Waals surface area contributed by atoms with E-state index in [0.29, 0.717) is 4.88 Å². The highest BCUT2D eigenvalue weighted by molar-refractivity contribution is 7.12. The summed E-state index contributed by atoms with van der Waals surface area (Å²) in [7, 11) is 0. The molecule has 0 aliphatic carbocycles. The Morgan fingerprint density at radius 1 is 1.24 bits per heavy atom. The van der Waals surface area contributed by atoms with Crippen molar-refractivity contribution < 1.29 is 18.3 Å². The van der Waals surface area contributed by atoms with Crippen LogP contribution in [0.5, 0.6) is 0 Å². The molecule has 6 heteroatoms. The zero-order valence-electron chi connectivity index (χ0n) is 8.78. The molecule has 2 aromatic rings. The molecule has 0 fully saturated rings. The SMILES string of the molecule is Cc1ccc(C(O)c2cscc2C(F)(F)F)s1. The van der Waals surface area contributed by atoms with E-state index in [0.717, 1.165) is 21.6 Å². The molecule has 0 aliphatic heterocycles. The second-order valence-corrected chi connectivity index (χ2v) is 5.65. The van der Waals surface area contributed by atoms with Gasteiger partial charge in [0.25, 0.3) is 0 Å². The lowest BCUT2D eigenvalue weighted by Crippen LogP contribution is -2.09. The molecule has 92 valence electrons. The van der Waals surface area contributed by atoms with Gasteiger partial charge in [-0.25, -0.2) is 0 Å². The summed E-state index contributed by atoms with van der Waals surface area (Å²) < 4.78 is 38.0. The van der Waals surface area contributed by atoms with Crippen LogP contribution in [-0.2, 0) is 6.18 Å². The summed E-state index contributed by atoms with van der Waals surface area (Å²) in [5.74, 6) is 0. The van der Waals surface area contributed by atoms with Crippen molar-refractivity contribution in [3.8, 4) is 0 Å². The van der Waals surface area contributed by atoms with Gasteiger partial charge < -0.3 is 5.11 Å². The summed E-state index contributed by atoms with van der Waals surface area (Å²) in [5.41, 5.74) is -0.814. The van der Waals surface area contributed by atoms with E-state index >= 15 is 0 Å². The molecule has 2 aromatic heterocycles. The Balaban J connectivity index is 2.38. The zero-order valence-corrected chi connectivity index (χ0v) is 10.4. The lowest BCUT2D eigenvalue weighted by molar-refractivity contribution is -0.138. The number of rotatable bonds is 2. The van der Waals surface area contributed by atoms with Gasteiger partial charge in [-0.05, 0) is 24.4 Å². The monoisotopic (exact) mass is 278 g/mol. The fraction of sp³-hybridized carbons (Fsp3) is 0.273. The highest BCUT2D eigenvalue weighted by Gasteiger charge is 2.36. The third-order valence-electron chi connectivity index (χ3n) is 2.32. The first-order chi connectivity index (χ1) is 7.89. The summed E-state index contributed by atoms with van der Waals surface area (Å²) in [5, 5.41) is 12.3. The molecule has 0 amide bonds. The summed E-state index contributed by atoms with van der Waals surface area (Å²) in [6.07, 6.45) is -5.61. The molecule has 0 aliphatic rings. The van der Waals surface area contributed by atoms with E-state index in [1.165, 1.54) is 16.7 Å². The van der Waals surface area contributed by atoms with Gasteiger partial charge in [-0.1, -0.05) is 0 Å². The van der Waals surface area contributed by atoms with Crippen molar-refractivity contribution in [1.82, 2.24) is 0 Å². The van der Waals surface area contributed by atoms with Gasteiger partial charge in [-0.15, -0.1) is 11.3 Å². The Bertz CT molecular complexity index is 513. The summed E-state index contributed by atoms with van der Waals surface area (Å²) in [4.78, 5) is 1.49. The third kappa shape index (κ3) is 2.53. The van der Waals surface area contributed by atoms with E-state index in [9.17, 15) is 18.3 Å². The molecule has 17 heavy (non-hydrogen) atoms. The molecule has 0 spiro atoms. The van der Waals surface area contributed by atoms with Gasteiger partial charge in [0.05, 0.1) is 5.56 Å². The first-order valence-electron chi connectivity index (χ1n) is 4.77. The predicted octanol–water partition coefficient (Wildman–Crippen LogP) is 4.22. The number of thiophene rings is 2. The maximum atomic E-state index is 12.7. The summed E-state index contributed by atoms with van der Waals surface area (Å²) in [6.45, 7) is 1.85. The van der Waals surface area contributed by atoms with E-state index < -0.39 is 17.8 Å². The highest BCUT2D eigenvalue weighted by atomic mass is 32.1. The van der Waals surface area contributed by atoms with Crippen LogP contribution in [0.15, 0.2) is 22.9 Å². The molecule has 0 aromatic carbocycles. The Kier molecular flexibility index (Phi) is 3.29. The fourth-order valence-electron chi connectivity index (χ4n) is 1.50. The molecule has 1 N–H and O–H groups in total. The highest BCUT2D eigenvalue weighted by Crippen LogP contribution is 2.39. The molecule has 0 saturated carbocycles. The van der Waals surface area contributed by atoms with Crippen LogP contribution in [0, 0.1) is 6.92 Å². The van der Waals surface area contributed by atoms with Gasteiger partial charge in [-0.3, -0.25) is 0 Å². The molecule has 1 atom stereocenters. The third-order valence-corrected chi connectivity index (χ3v) is 4.14. The largest absolute Gasteiger partial charge is 0.417 e. The standard InChI is InChI=1S/C11H9F3OS2/c1-6-2-3-9(17-6)10(15)7-4-16-5-8(7)11(12,13)14/h2-5,10,15H,1H3. The first-order valence-corrected chi connectivity index (χ1v) is 6.53. The van der Waals surface area contributed by atoms with Crippen molar-refractivity contribution in [1.29, 1.82) is 0 Å². The number of aliphatic hydroxyl groups is 1. The average Bonchev–Trinajstić information content (AvgIpc) is 2.83. The van der Waals surface area contributed by atoms with Crippen LogP contribution >= 0.6 is 22.7 Å². The number of hydrogen-bond donors (Lipinski definition) is 1. The average molecular weight is 278 g/mol. The van der Waals surface area contributed by atoms with E-state index in [-0.39, 0.29) is 5.56 Å². The van der Waals surface area contributed by atoms with Gasteiger partial charge in [0.2, 0.25) is 0 Å². The minimum absolute atomic E-state index is 0.0654. The van der Waals surface area contributed by atoms with Crippen LogP contribution in [0.2, 0.25) is 0 Å². The lowest BCUT2D eigenvalue weighted by Gasteiger charge is -2.12. The van der Waals surface area contributed by atoms with Crippen LogP contribution in [0.1, 0.15) is 27.0 Å². The van der Waals surface area contributed by atoms with Crippen LogP contribution in [0.25, 0.3) is 0 Å². The van der Waals surface area contributed by atoms with Crippen LogP contribution in [0.3, 0.4) is 0 Å². The minimum atomic E-state index is -4.41. The zero-order chi connectivity index (χ0) is 12.6. The van der Waals surface area contributed by atoms with Gasteiger partial charge in [0.1, 0.15) is 6.10 Å². The van der Waals surface area contributed by atoms with Crippen molar-refractivity contribution in [3.63, 3.8) is 0 Å². The van der Waals surface area contributed by atoms with Crippen molar-refractivity contribution >= 4 is 22.7 Å². The van der Waals surface area contributed by atoms with Crippen LogP contribution in [0.4, 0.5) is 13.2 Å². The topological polar surface area (TPSA) is 20.2 Å². The van der Waals surface area contributed by atoms with Crippen LogP contribution < -0.4 is 0 Å². The van der Waals surface area contributed by atoms with Crippen molar-refractivity contribution in [2.24, 2.45) is 0 Å². The van der Waals surface area contributed by atoms with Crippen LogP contribution in [-0.4, -0.2) is 5.11 Å². The van der Waals surface area contributed by atoms with Gasteiger partial charge in [0, 0.05) is 20.7 Å². The van der Waals surface area contributed by atoms with Crippen molar-refractivity contribution in [2.45, 2.75) is 19.2 Å². The van der Waals surface area contributed by atoms with Gasteiger partial charge >= 0.3 is 6.18 Å². The smallest absolute Gasteiger partial charge is 0.383 e. The number of aryl methyl sites for hydroxylation is 1. The maximum Gasteiger partial charge on any atom is 0.417 e. The van der Waals surface area contributed by atoms with Gasteiger partial charge in [0.15, 0.2) is 0 Å². The molecular formula is C11H9F3OS2. The van der Waals surface area contributed by atoms with Crippen molar-refractivity contribution in [3.05, 3.63) is 43.8 Å². The first kappa shape index (κ1) is 12.6. The molecule has 2 rings (SSSR count). The lowest BCUT2D eigenvalue weighted by atomic mass is 10.1. The van der Waals surface area contributed by atoms with Gasteiger partial charge in [-0.2, -0.15) is 24.5 Å². The number of aliphatic hydroxyl groups excluding tert-OH is 1. The normalized spacial score (nSPS) is 13.9. The quantitative estimate of drug-likeness (QED) is 0.872. The molecule has 2 heterocycles. The number of halogens is 3. The Labute approximate surface area is 104 Å². The Hall–Kier alpha value is -0.850. The minimum Gasteiger partial charge on any atom is -0.383 e. The molecule has 1 nitrogen and oxygen atoms in total. The molecule has 0 radical (unpaired) electrons. The van der Waals surface area contributed by atoms with E-state index in [2.05, 4.69) is 0 Å². The fourth-order valence-corrected chi connectivity index (χ4v) is 3.26. The van der Waals surface area contributed by atoms with E-state index in [1.807, 2.05) is 6.92 Å². The summed E-state index contributed by atoms with van der Waals surface area (Å²) in [6, 6.07) is 3.44. The molecule has 0 saturated heterocycles. The molecule has 1 unspecified atom stereocenters. The van der Waals surface area contributed by atoms with E-state index in [1.54, 1.807) is 12.1 Å². The number of alkyl halides is 3. The predicted molar refractivity (Wildman–Crippen MR) is 62.4 cm³/mol. The second-order valence-electron chi connectivity index (χ2n) is 3.59. The Morgan fingerprint density at radius 3 is 2.47 bits per heavy atom. The summed E-state index contributed by atoms with van der Waals surface area (Å²) >= 11 is 2.25. The second kappa shape index (κ2) is 4.44. The molecule has 0 bridgehead atoms. The Morgan fingerprint density at radius 2 is 1.94 bits per heavy atom. The maximum absolute atomic E-state index is 12.7. The van der Waals surface area contributed by atoms with Crippen molar-refractivity contribution in [2.75, 3.05) is 0 Å². The molecular weight excluding hydrogens is 269 g/mol. The van der Waals surface area contributed by atoms with E-state index in [4.69, 9.17) is 0 Å². The number of hydrogen-bond acceptors (Lipinski definition) is 3.